The van der Waals surface area contributed by atoms with Crippen LogP contribution in [0.4, 0.5) is 0 Å². The zero-order valence-electron chi connectivity index (χ0n) is 13.2. The minimum Gasteiger partial charge on any atom is -0.355 e. The molecule has 0 fully saturated rings. The Balaban J connectivity index is 2.10. The predicted octanol–water partition coefficient (Wildman–Crippen LogP) is 1.05. The Bertz CT molecular complexity index is 680. The SMILES string of the molecule is CCCNC(=O)CN(C)C(=O)c1ccc2c(c1)nnn2CC. The number of aromatic nitrogens is 3. The van der Waals surface area contributed by atoms with Gasteiger partial charge in [-0.2, -0.15) is 0 Å². The Labute approximate surface area is 129 Å². The van der Waals surface area contributed by atoms with Gasteiger partial charge in [-0.3, -0.25) is 9.59 Å². The van der Waals surface area contributed by atoms with Gasteiger partial charge in [0.25, 0.3) is 5.91 Å². The first-order chi connectivity index (χ1) is 10.6. The molecule has 0 saturated heterocycles. The zero-order valence-corrected chi connectivity index (χ0v) is 13.2. The Morgan fingerprint density at radius 1 is 1.32 bits per heavy atom. The van der Waals surface area contributed by atoms with Crippen LogP contribution in [0.1, 0.15) is 30.6 Å². The number of nitrogens with zero attached hydrogens (tertiary/aromatic N) is 4. The highest BCUT2D eigenvalue weighted by molar-refractivity contribution is 5.98. The molecule has 0 saturated carbocycles. The summed E-state index contributed by atoms with van der Waals surface area (Å²) in [5.74, 6) is -0.365. The molecule has 2 rings (SSSR count). The van der Waals surface area contributed by atoms with Crippen molar-refractivity contribution in [3.8, 4) is 0 Å². The van der Waals surface area contributed by atoms with Crippen LogP contribution in [0.5, 0.6) is 0 Å². The second-order valence-corrected chi connectivity index (χ2v) is 5.12. The minimum atomic E-state index is -0.209. The average molecular weight is 303 g/mol. The van der Waals surface area contributed by atoms with Crippen LogP contribution in [0.25, 0.3) is 11.0 Å². The van der Waals surface area contributed by atoms with Crippen molar-refractivity contribution in [1.82, 2.24) is 25.2 Å². The Hall–Kier alpha value is -2.44. The molecule has 118 valence electrons. The average Bonchev–Trinajstić information content (AvgIpc) is 2.94. The summed E-state index contributed by atoms with van der Waals surface area (Å²) in [6.07, 6.45) is 0.868. The lowest BCUT2D eigenvalue weighted by Gasteiger charge is -2.16. The molecule has 1 aromatic heterocycles. The van der Waals surface area contributed by atoms with Crippen molar-refractivity contribution < 1.29 is 9.59 Å². The molecule has 0 unspecified atom stereocenters. The lowest BCUT2D eigenvalue weighted by atomic mass is 10.1. The molecule has 0 aliphatic rings. The third-order valence-corrected chi connectivity index (χ3v) is 3.36. The Morgan fingerprint density at radius 2 is 2.09 bits per heavy atom. The van der Waals surface area contributed by atoms with E-state index in [0.29, 0.717) is 17.6 Å². The van der Waals surface area contributed by atoms with Gasteiger partial charge in [-0.05, 0) is 31.5 Å². The van der Waals surface area contributed by atoms with Crippen LogP contribution in [0.2, 0.25) is 0 Å². The number of hydrogen-bond donors (Lipinski definition) is 1. The lowest BCUT2D eigenvalue weighted by molar-refractivity contribution is -0.121. The van der Waals surface area contributed by atoms with Gasteiger partial charge in [-0.1, -0.05) is 12.1 Å². The maximum absolute atomic E-state index is 12.4. The molecule has 22 heavy (non-hydrogen) atoms. The summed E-state index contributed by atoms with van der Waals surface area (Å²) in [7, 11) is 1.61. The number of carbonyl (C=O) groups excluding carboxylic acids is 2. The molecule has 0 atom stereocenters. The van der Waals surface area contributed by atoms with E-state index in [1.807, 2.05) is 19.9 Å². The number of amides is 2. The van der Waals surface area contributed by atoms with Gasteiger partial charge in [-0.15, -0.1) is 5.10 Å². The number of rotatable bonds is 6. The second-order valence-electron chi connectivity index (χ2n) is 5.12. The number of benzene rings is 1. The molecule has 0 aliphatic carbocycles. The van der Waals surface area contributed by atoms with Gasteiger partial charge < -0.3 is 10.2 Å². The first-order valence-electron chi connectivity index (χ1n) is 7.42. The molecule has 1 aromatic carbocycles. The second kappa shape index (κ2) is 7.02. The third kappa shape index (κ3) is 3.41. The van der Waals surface area contributed by atoms with Crippen LogP contribution >= 0.6 is 0 Å². The maximum atomic E-state index is 12.4. The fourth-order valence-electron chi connectivity index (χ4n) is 2.17. The summed E-state index contributed by atoms with van der Waals surface area (Å²) in [5, 5.41) is 10.8. The number of fused-ring (bicyclic) bond motifs is 1. The van der Waals surface area contributed by atoms with Crippen LogP contribution < -0.4 is 5.32 Å². The van der Waals surface area contributed by atoms with E-state index in [1.54, 1.807) is 23.9 Å². The van der Waals surface area contributed by atoms with E-state index >= 15 is 0 Å². The van der Waals surface area contributed by atoms with Gasteiger partial charge in [-0.25, -0.2) is 4.68 Å². The monoisotopic (exact) mass is 303 g/mol. The van der Waals surface area contributed by atoms with Crippen LogP contribution in [-0.4, -0.2) is 51.8 Å². The van der Waals surface area contributed by atoms with Crippen molar-refractivity contribution in [3.05, 3.63) is 23.8 Å². The van der Waals surface area contributed by atoms with Crippen LogP contribution in [0, 0.1) is 0 Å². The predicted molar refractivity (Wildman–Crippen MR) is 83.5 cm³/mol. The number of carbonyl (C=O) groups is 2. The van der Waals surface area contributed by atoms with Crippen LogP contribution in [-0.2, 0) is 11.3 Å². The molecule has 2 aromatic rings. The third-order valence-electron chi connectivity index (χ3n) is 3.36. The standard InChI is InChI=1S/C15H21N5O2/c1-4-8-16-14(21)10-19(3)15(22)11-6-7-13-12(9-11)17-18-20(13)5-2/h6-7,9H,4-5,8,10H2,1-3H3,(H,16,21). The van der Waals surface area contributed by atoms with Crippen molar-refractivity contribution in [2.75, 3.05) is 20.1 Å². The normalized spacial score (nSPS) is 10.7. The highest BCUT2D eigenvalue weighted by Crippen LogP contribution is 2.14. The van der Waals surface area contributed by atoms with E-state index in [0.717, 1.165) is 18.5 Å². The van der Waals surface area contributed by atoms with Crippen molar-refractivity contribution in [2.45, 2.75) is 26.8 Å². The van der Waals surface area contributed by atoms with E-state index < -0.39 is 0 Å². The summed E-state index contributed by atoms with van der Waals surface area (Å²) in [6, 6.07) is 5.27. The Morgan fingerprint density at radius 3 is 2.77 bits per heavy atom. The maximum Gasteiger partial charge on any atom is 0.254 e. The summed E-state index contributed by atoms with van der Waals surface area (Å²) < 4.78 is 1.77. The van der Waals surface area contributed by atoms with Crippen molar-refractivity contribution in [2.24, 2.45) is 0 Å². The van der Waals surface area contributed by atoms with Crippen LogP contribution in [0.15, 0.2) is 18.2 Å². The molecule has 0 bridgehead atoms. The first kappa shape index (κ1) is 15.9. The fourth-order valence-corrected chi connectivity index (χ4v) is 2.17. The first-order valence-corrected chi connectivity index (χ1v) is 7.42. The summed E-state index contributed by atoms with van der Waals surface area (Å²) in [5.41, 5.74) is 2.07. The van der Waals surface area contributed by atoms with Crippen LogP contribution in [0.3, 0.4) is 0 Å². The van der Waals surface area contributed by atoms with Gasteiger partial charge in [0.2, 0.25) is 5.91 Å². The quantitative estimate of drug-likeness (QED) is 0.865. The zero-order chi connectivity index (χ0) is 16.1. The fraction of sp³-hybridized carbons (Fsp3) is 0.467. The largest absolute Gasteiger partial charge is 0.355 e. The number of nitrogens with one attached hydrogen (secondary N) is 1. The molecular weight excluding hydrogens is 282 g/mol. The molecular formula is C15H21N5O2. The molecule has 0 aliphatic heterocycles. The topological polar surface area (TPSA) is 80.1 Å². The summed E-state index contributed by atoms with van der Waals surface area (Å²) >= 11 is 0. The van der Waals surface area contributed by atoms with Gasteiger partial charge in [0.05, 0.1) is 12.1 Å². The number of likely N-dealkylation sites (N-methyl/N-ethyl adjacent to an activating group) is 1. The van der Waals surface area contributed by atoms with E-state index in [2.05, 4.69) is 15.6 Å². The lowest BCUT2D eigenvalue weighted by Crippen LogP contribution is -2.38. The van der Waals surface area contributed by atoms with Gasteiger partial charge in [0.15, 0.2) is 0 Å². The highest BCUT2D eigenvalue weighted by Gasteiger charge is 2.16. The molecule has 0 spiro atoms. The van der Waals surface area contributed by atoms with Gasteiger partial charge in [0.1, 0.15) is 5.52 Å². The van der Waals surface area contributed by atoms with E-state index in [1.165, 1.54) is 4.90 Å². The molecule has 0 radical (unpaired) electrons. The molecule has 1 N–H and O–H groups in total. The minimum absolute atomic E-state index is 0.0402. The number of hydrogen-bond acceptors (Lipinski definition) is 4. The van der Waals surface area contributed by atoms with Crippen molar-refractivity contribution in [3.63, 3.8) is 0 Å². The molecule has 7 heteroatoms. The Kier molecular flexibility index (Phi) is 5.08. The van der Waals surface area contributed by atoms with Crippen molar-refractivity contribution in [1.29, 1.82) is 0 Å². The highest BCUT2D eigenvalue weighted by atomic mass is 16.2. The van der Waals surface area contributed by atoms with E-state index in [4.69, 9.17) is 0 Å². The summed E-state index contributed by atoms with van der Waals surface area (Å²) in [4.78, 5) is 25.4. The molecule has 7 nitrogen and oxygen atoms in total. The van der Waals surface area contributed by atoms with Gasteiger partial charge in [0, 0.05) is 25.7 Å². The molecule has 1 heterocycles. The molecule has 2 amide bonds. The van der Waals surface area contributed by atoms with E-state index in [-0.39, 0.29) is 18.4 Å². The van der Waals surface area contributed by atoms with E-state index in [9.17, 15) is 9.59 Å². The van der Waals surface area contributed by atoms with Gasteiger partial charge >= 0.3 is 0 Å². The summed E-state index contributed by atoms with van der Waals surface area (Å²) in [6.45, 7) is 5.34. The van der Waals surface area contributed by atoms with Crippen molar-refractivity contribution >= 4 is 22.8 Å². The smallest absolute Gasteiger partial charge is 0.254 e. The number of aryl methyl sites for hydroxylation is 1.